The van der Waals surface area contributed by atoms with Gasteiger partial charge in [0.25, 0.3) is 5.91 Å². The van der Waals surface area contributed by atoms with Gasteiger partial charge in [0.2, 0.25) is 0 Å². The van der Waals surface area contributed by atoms with E-state index in [9.17, 15) is 4.79 Å². The summed E-state index contributed by atoms with van der Waals surface area (Å²) < 4.78 is 1.14. The maximum Gasteiger partial charge on any atom is 0.251 e. The van der Waals surface area contributed by atoms with Gasteiger partial charge in [0.1, 0.15) is 0 Å². The number of benzene rings is 1. The van der Waals surface area contributed by atoms with Crippen molar-refractivity contribution in [2.75, 3.05) is 18.5 Å². The molecule has 2 aromatic rings. The second-order valence-electron chi connectivity index (χ2n) is 4.53. The van der Waals surface area contributed by atoms with Gasteiger partial charge in [-0.25, -0.2) is 0 Å². The zero-order valence-corrected chi connectivity index (χ0v) is 14.1. The van der Waals surface area contributed by atoms with E-state index in [2.05, 4.69) is 39.6 Å². The summed E-state index contributed by atoms with van der Waals surface area (Å²) in [4.78, 5) is 14.2. The molecule has 1 heterocycles. The number of amides is 1. The Bertz CT molecular complexity index is 591. The number of aliphatic hydroxyl groups excluding tert-OH is 1. The summed E-state index contributed by atoms with van der Waals surface area (Å²) in [6, 6.07) is 9.41. The number of nitrogens with one attached hydrogen (secondary N) is 2. The second kappa shape index (κ2) is 7.59. The van der Waals surface area contributed by atoms with E-state index >= 15 is 0 Å². The van der Waals surface area contributed by atoms with Crippen molar-refractivity contribution in [1.82, 2.24) is 5.32 Å². The molecule has 4 nitrogen and oxygen atoms in total. The lowest BCUT2D eigenvalue weighted by Gasteiger charge is -2.07. The minimum atomic E-state index is -0.173. The number of aryl methyl sites for hydroxylation is 1. The average Bonchev–Trinajstić information content (AvgIpc) is 2.82. The molecule has 2 rings (SSSR count). The summed E-state index contributed by atoms with van der Waals surface area (Å²) >= 11 is 5.26. The quantitative estimate of drug-likeness (QED) is 0.733. The number of hydrogen-bond donors (Lipinski definition) is 3. The number of aliphatic hydroxyl groups is 1. The van der Waals surface area contributed by atoms with Crippen LogP contribution in [0.4, 0.5) is 5.69 Å². The van der Waals surface area contributed by atoms with Gasteiger partial charge >= 0.3 is 0 Å². The summed E-state index contributed by atoms with van der Waals surface area (Å²) in [5, 5.41) is 14.6. The summed E-state index contributed by atoms with van der Waals surface area (Å²) in [5.74, 6) is -0.173. The third-order valence-corrected chi connectivity index (χ3v) is 5.06. The lowest BCUT2D eigenvalue weighted by Crippen LogP contribution is -2.26. The van der Waals surface area contributed by atoms with Crippen molar-refractivity contribution in [2.45, 2.75) is 13.5 Å². The summed E-state index contributed by atoms with van der Waals surface area (Å²) in [6.07, 6.45) is 0. The third kappa shape index (κ3) is 4.56. The highest BCUT2D eigenvalue weighted by atomic mass is 79.9. The monoisotopic (exact) mass is 368 g/mol. The Morgan fingerprint density at radius 1 is 1.33 bits per heavy atom. The molecule has 0 bridgehead atoms. The van der Waals surface area contributed by atoms with Gasteiger partial charge in [0, 0.05) is 38.6 Å². The van der Waals surface area contributed by atoms with Gasteiger partial charge in [0.05, 0.1) is 6.61 Å². The first-order chi connectivity index (χ1) is 10.1. The topological polar surface area (TPSA) is 61.4 Å². The molecule has 0 saturated carbocycles. The van der Waals surface area contributed by atoms with Crippen LogP contribution < -0.4 is 10.6 Å². The molecule has 0 aliphatic rings. The highest BCUT2D eigenvalue weighted by Gasteiger charge is 2.05. The summed E-state index contributed by atoms with van der Waals surface area (Å²) in [5.41, 5.74) is 1.56. The van der Waals surface area contributed by atoms with Crippen molar-refractivity contribution in [3.63, 3.8) is 0 Å². The molecule has 1 aromatic carbocycles. The van der Waals surface area contributed by atoms with Crippen LogP contribution >= 0.6 is 27.3 Å². The Labute approximate surface area is 136 Å². The Morgan fingerprint density at radius 3 is 2.62 bits per heavy atom. The first kappa shape index (κ1) is 16.0. The van der Waals surface area contributed by atoms with Crippen LogP contribution in [0.25, 0.3) is 0 Å². The van der Waals surface area contributed by atoms with E-state index in [0.29, 0.717) is 5.56 Å². The van der Waals surface area contributed by atoms with E-state index in [-0.39, 0.29) is 19.1 Å². The molecular weight excluding hydrogens is 352 g/mol. The fourth-order valence-electron chi connectivity index (χ4n) is 1.81. The van der Waals surface area contributed by atoms with Crippen molar-refractivity contribution in [1.29, 1.82) is 0 Å². The highest BCUT2D eigenvalue weighted by Crippen LogP contribution is 2.26. The number of thiophene rings is 1. The van der Waals surface area contributed by atoms with Crippen molar-refractivity contribution in [3.05, 3.63) is 50.1 Å². The van der Waals surface area contributed by atoms with Gasteiger partial charge < -0.3 is 15.7 Å². The van der Waals surface area contributed by atoms with Crippen LogP contribution in [0.5, 0.6) is 0 Å². The van der Waals surface area contributed by atoms with E-state index in [1.165, 1.54) is 9.75 Å². The average molecular weight is 369 g/mol. The fourth-order valence-corrected chi connectivity index (χ4v) is 3.35. The first-order valence-electron chi connectivity index (χ1n) is 6.58. The Balaban J connectivity index is 1.91. The number of hydrogen-bond acceptors (Lipinski definition) is 4. The molecule has 0 spiro atoms. The summed E-state index contributed by atoms with van der Waals surface area (Å²) in [6.45, 7) is 3.05. The molecule has 1 aromatic heterocycles. The van der Waals surface area contributed by atoms with Crippen molar-refractivity contribution in [3.8, 4) is 0 Å². The van der Waals surface area contributed by atoms with E-state index in [0.717, 1.165) is 16.7 Å². The molecule has 0 aliphatic heterocycles. The number of halogens is 1. The largest absolute Gasteiger partial charge is 0.395 e. The number of carbonyl (C=O) groups excluding carboxylic acids is 1. The maximum atomic E-state index is 11.7. The number of rotatable bonds is 6. The smallest absolute Gasteiger partial charge is 0.251 e. The lowest BCUT2D eigenvalue weighted by molar-refractivity contribution is 0.0945. The maximum absolute atomic E-state index is 11.7. The molecule has 112 valence electrons. The van der Waals surface area contributed by atoms with Crippen LogP contribution in [0, 0.1) is 6.92 Å². The van der Waals surface area contributed by atoms with Crippen LogP contribution in [0.1, 0.15) is 20.1 Å². The first-order valence-corrected chi connectivity index (χ1v) is 8.19. The van der Waals surface area contributed by atoms with Crippen LogP contribution in [-0.4, -0.2) is 24.2 Å². The number of anilines is 1. The van der Waals surface area contributed by atoms with Gasteiger partial charge in [-0.1, -0.05) is 0 Å². The SMILES string of the molecule is Cc1sc(CNc2ccc(C(=O)NCCO)cc2)cc1Br. The molecule has 0 saturated heterocycles. The number of carbonyl (C=O) groups is 1. The Kier molecular flexibility index (Phi) is 5.78. The normalized spacial score (nSPS) is 10.4. The summed E-state index contributed by atoms with van der Waals surface area (Å²) in [7, 11) is 0. The van der Waals surface area contributed by atoms with E-state index in [4.69, 9.17) is 5.11 Å². The molecule has 0 unspecified atom stereocenters. The minimum absolute atomic E-state index is 0.0544. The van der Waals surface area contributed by atoms with E-state index in [1.807, 2.05) is 12.1 Å². The third-order valence-electron chi connectivity index (χ3n) is 2.92. The van der Waals surface area contributed by atoms with Crippen LogP contribution in [0.3, 0.4) is 0 Å². The fraction of sp³-hybridized carbons (Fsp3) is 0.267. The molecule has 3 N–H and O–H groups in total. The lowest BCUT2D eigenvalue weighted by atomic mass is 10.2. The molecule has 0 fully saturated rings. The van der Waals surface area contributed by atoms with Gasteiger partial charge in [0.15, 0.2) is 0 Å². The van der Waals surface area contributed by atoms with Crippen molar-refractivity contribution < 1.29 is 9.90 Å². The molecule has 6 heteroatoms. The second-order valence-corrected chi connectivity index (χ2v) is 6.72. The van der Waals surface area contributed by atoms with Gasteiger partial charge in [-0.2, -0.15) is 0 Å². The standard InChI is InChI=1S/C15H17BrN2O2S/c1-10-14(16)8-13(21-10)9-18-12-4-2-11(3-5-12)15(20)17-6-7-19/h2-5,8,18-19H,6-7,9H2,1H3,(H,17,20). The molecule has 0 aliphatic carbocycles. The van der Waals surface area contributed by atoms with E-state index < -0.39 is 0 Å². The Hall–Kier alpha value is -1.37. The zero-order valence-electron chi connectivity index (χ0n) is 11.6. The van der Waals surface area contributed by atoms with Gasteiger partial charge in [-0.05, 0) is 53.2 Å². The molecule has 0 radical (unpaired) electrons. The van der Waals surface area contributed by atoms with E-state index in [1.54, 1.807) is 23.5 Å². The van der Waals surface area contributed by atoms with Crippen molar-refractivity contribution >= 4 is 38.9 Å². The zero-order chi connectivity index (χ0) is 15.2. The highest BCUT2D eigenvalue weighted by molar-refractivity contribution is 9.10. The van der Waals surface area contributed by atoms with Crippen LogP contribution in [-0.2, 0) is 6.54 Å². The predicted octanol–water partition coefficient (Wildman–Crippen LogP) is 3.15. The van der Waals surface area contributed by atoms with Gasteiger partial charge in [-0.3, -0.25) is 4.79 Å². The molecule has 0 atom stereocenters. The molecule has 1 amide bonds. The minimum Gasteiger partial charge on any atom is -0.395 e. The molecular formula is C15H17BrN2O2S. The Morgan fingerprint density at radius 2 is 2.05 bits per heavy atom. The van der Waals surface area contributed by atoms with Crippen LogP contribution in [0.15, 0.2) is 34.8 Å². The predicted molar refractivity (Wildman–Crippen MR) is 89.9 cm³/mol. The van der Waals surface area contributed by atoms with Crippen molar-refractivity contribution in [2.24, 2.45) is 0 Å². The molecule has 21 heavy (non-hydrogen) atoms. The van der Waals surface area contributed by atoms with Crippen LogP contribution in [0.2, 0.25) is 0 Å². The van der Waals surface area contributed by atoms with Gasteiger partial charge in [-0.15, -0.1) is 11.3 Å².